The van der Waals surface area contributed by atoms with Gasteiger partial charge in [0, 0.05) is 17.7 Å². The van der Waals surface area contributed by atoms with Gasteiger partial charge in [0.05, 0.1) is 11.8 Å². The number of nitrogens with zero attached hydrogens (tertiary/aromatic N) is 2. The molecule has 0 bridgehead atoms. The van der Waals surface area contributed by atoms with Gasteiger partial charge in [0.25, 0.3) is 0 Å². The second-order valence-corrected chi connectivity index (χ2v) is 8.85. The molecule has 0 aromatic heterocycles. The highest BCUT2D eigenvalue weighted by Gasteiger charge is 2.32. The lowest BCUT2D eigenvalue weighted by Gasteiger charge is -2.07. The fourth-order valence-corrected chi connectivity index (χ4v) is 4.08. The third kappa shape index (κ3) is 6.64. The maximum Gasteiger partial charge on any atom is 0.343 e. The molecule has 0 unspecified atom stereocenters. The summed E-state index contributed by atoms with van der Waals surface area (Å²) in [6, 6.07) is 23.1. The van der Waals surface area contributed by atoms with Crippen molar-refractivity contribution in [3.05, 3.63) is 95.6 Å². The van der Waals surface area contributed by atoms with Crippen molar-refractivity contribution in [2.24, 2.45) is 10.2 Å². The SMILES string of the molecule is Cc1ccc(C(=O)Oc2ccccc2/C=N\N=C2\NC(=O)[C@@H](CC(=O)Nc3ccccc3)S2)cc1. The van der Waals surface area contributed by atoms with Crippen molar-refractivity contribution < 1.29 is 19.1 Å². The average molecular weight is 487 g/mol. The van der Waals surface area contributed by atoms with Crippen LogP contribution in [0.3, 0.4) is 0 Å². The Morgan fingerprint density at radius 2 is 1.74 bits per heavy atom. The summed E-state index contributed by atoms with van der Waals surface area (Å²) in [7, 11) is 0. The zero-order valence-electron chi connectivity index (χ0n) is 18.8. The molecule has 176 valence electrons. The molecule has 8 nitrogen and oxygen atoms in total. The van der Waals surface area contributed by atoms with Crippen molar-refractivity contribution in [3.8, 4) is 5.75 Å². The Bertz CT molecular complexity index is 1290. The van der Waals surface area contributed by atoms with E-state index in [9.17, 15) is 14.4 Å². The van der Waals surface area contributed by atoms with Gasteiger partial charge in [-0.2, -0.15) is 5.10 Å². The Labute approximate surface area is 206 Å². The number of esters is 1. The third-order valence-corrected chi connectivity index (χ3v) is 6.03. The lowest BCUT2D eigenvalue weighted by Crippen LogP contribution is -2.28. The van der Waals surface area contributed by atoms with Gasteiger partial charge >= 0.3 is 5.97 Å². The molecule has 35 heavy (non-hydrogen) atoms. The number of hydrogen-bond donors (Lipinski definition) is 2. The summed E-state index contributed by atoms with van der Waals surface area (Å²) in [6.45, 7) is 1.94. The summed E-state index contributed by atoms with van der Waals surface area (Å²) in [6.07, 6.45) is 1.44. The molecule has 2 N–H and O–H groups in total. The number of carbonyl (C=O) groups is 3. The van der Waals surface area contributed by atoms with Crippen LogP contribution < -0.4 is 15.4 Å². The van der Waals surface area contributed by atoms with E-state index in [-0.39, 0.29) is 23.4 Å². The molecule has 1 aliphatic heterocycles. The zero-order valence-corrected chi connectivity index (χ0v) is 19.6. The number of ether oxygens (including phenoxy) is 1. The second kappa shape index (κ2) is 11.3. The van der Waals surface area contributed by atoms with E-state index in [4.69, 9.17) is 4.74 Å². The van der Waals surface area contributed by atoms with Crippen molar-refractivity contribution >= 4 is 46.6 Å². The first-order chi connectivity index (χ1) is 17.0. The van der Waals surface area contributed by atoms with Gasteiger partial charge < -0.3 is 15.4 Å². The van der Waals surface area contributed by atoms with Crippen molar-refractivity contribution in [3.63, 3.8) is 0 Å². The van der Waals surface area contributed by atoms with Crippen molar-refractivity contribution in [2.45, 2.75) is 18.6 Å². The van der Waals surface area contributed by atoms with Crippen molar-refractivity contribution in [1.82, 2.24) is 5.32 Å². The highest BCUT2D eigenvalue weighted by molar-refractivity contribution is 8.15. The summed E-state index contributed by atoms with van der Waals surface area (Å²) >= 11 is 1.14. The molecule has 2 amide bonds. The van der Waals surface area contributed by atoms with Gasteiger partial charge in [-0.25, -0.2) is 4.79 Å². The van der Waals surface area contributed by atoms with Crippen molar-refractivity contribution in [1.29, 1.82) is 0 Å². The first-order valence-corrected chi connectivity index (χ1v) is 11.7. The molecule has 0 saturated carbocycles. The lowest BCUT2D eigenvalue weighted by molar-refractivity contribution is -0.122. The summed E-state index contributed by atoms with van der Waals surface area (Å²) < 4.78 is 5.52. The van der Waals surface area contributed by atoms with Gasteiger partial charge in [0.15, 0.2) is 5.17 Å². The van der Waals surface area contributed by atoms with Gasteiger partial charge in [0.1, 0.15) is 11.0 Å². The van der Waals surface area contributed by atoms with E-state index in [1.807, 2.05) is 37.3 Å². The van der Waals surface area contributed by atoms with Gasteiger partial charge in [-0.15, -0.1) is 5.10 Å². The maximum atomic E-state index is 12.5. The van der Waals surface area contributed by atoms with E-state index in [1.54, 1.807) is 48.5 Å². The normalized spacial score (nSPS) is 16.3. The number of anilines is 1. The summed E-state index contributed by atoms with van der Waals surface area (Å²) in [5.74, 6) is -0.717. The molecule has 4 rings (SSSR count). The summed E-state index contributed by atoms with van der Waals surface area (Å²) in [5.41, 5.74) is 2.70. The third-order valence-electron chi connectivity index (χ3n) is 4.96. The Morgan fingerprint density at radius 1 is 1.03 bits per heavy atom. The van der Waals surface area contributed by atoms with Crippen LogP contribution in [0, 0.1) is 6.92 Å². The van der Waals surface area contributed by atoms with Crippen LogP contribution in [0.5, 0.6) is 5.75 Å². The molecule has 0 aliphatic carbocycles. The predicted octanol–water partition coefficient (Wildman–Crippen LogP) is 4.16. The number of nitrogens with one attached hydrogen (secondary N) is 2. The monoisotopic (exact) mass is 486 g/mol. The Kier molecular flexibility index (Phi) is 7.69. The molecular formula is C26H22N4O4S. The number of aryl methyl sites for hydroxylation is 1. The standard InChI is InChI=1S/C26H22N4O4S/c1-17-11-13-18(14-12-17)25(33)34-21-10-6-5-7-19(21)16-27-30-26-29-24(32)22(35-26)15-23(31)28-20-8-3-2-4-9-20/h2-14,16,22H,15H2,1H3,(H,28,31)(H,29,30,32)/b27-16-/t22-/m1/s1. The minimum atomic E-state index is -0.601. The van der Waals surface area contributed by atoms with Crippen LogP contribution in [-0.4, -0.2) is 34.4 Å². The number of benzene rings is 3. The van der Waals surface area contributed by atoms with Gasteiger partial charge in [0.2, 0.25) is 11.8 Å². The highest BCUT2D eigenvalue weighted by atomic mass is 32.2. The van der Waals surface area contributed by atoms with Gasteiger partial charge in [-0.05, 0) is 43.3 Å². The van der Waals surface area contributed by atoms with Crippen LogP contribution in [-0.2, 0) is 9.59 Å². The van der Waals surface area contributed by atoms with Crippen LogP contribution in [0.15, 0.2) is 89.1 Å². The van der Waals surface area contributed by atoms with Gasteiger partial charge in [-0.1, -0.05) is 59.8 Å². The lowest BCUT2D eigenvalue weighted by atomic mass is 10.1. The average Bonchev–Trinajstić information content (AvgIpc) is 3.19. The molecule has 9 heteroatoms. The van der Waals surface area contributed by atoms with Crippen molar-refractivity contribution in [2.75, 3.05) is 5.32 Å². The first-order valence-electron chi connectivity index (χ1n) is 10.8. The molecule has 1 saturated heterocycles. The summed E-state index contributed by atoms with van der Waals surface area (Å²) in [5, 5.41) is 13.1. The number of hydrogen-bond acceptors (Lipinski definition) is 7. The predicted molar refractivity (Wildman–Crippen MR) is 137 cm³/mol. The largest absolute Gasteiger partial charge is 0.422 e. The minimum Gasteiger partial charge on any atom is -0.422 e. The molecule has 3 aromatic carbocycles. The number of para-hydroxylation sites is 2. The number of thioether (sulfide) groups is 1. The molecule has 0 radical (unpaired) electrons. The fourth-order valence-electron chi connectivity index (χ4n) is 3.16. The van der Waals surface area contributed by atoms with E-state index in [2.05, 4.69) is 20.8 Å². The fraction of sp³-hybridized carbons (Fsp3) is 0.115. The van der Waals surface area contributed by atoms with E-state index >= 15 is 0 Å². The van der Waals surface area contributed by atoms with E-state index in [0.29, 0.717) is 22.6 Å². The molecule has 1 heterocycles. The molecular weight excluding hydrogens is 464 g/mol. The van der Waals surface area contributed by atoms with Crippen LogP contribution >= 0.6 is 11.8 Å². The number of amidine groups is 1. The second-order valence-electron chi connectivity index (χ2n) is 7.66. The molecule has 1 fully saturated rings. The molecule has 1 atom stereocenters. The smallest absolute Gasteiger partial charge is 0.343 e. The van der Waals surface area contributed by atoms with Crippen LogP contribution in [0.4, 0.5) is 5.69 Å². The topological polar surface area (TPSA) is 109 Å². The van der Waals surface area contributed by atoms with E-state index < -0.39 is 11.2 Å². The molecule has 3 aromatic rings. The number of rotatable bonds is 7. The van der Waals surface area contributed by atoms with E-state index in [1.165, 1.54) is 6.21 Å². The first kappa shape index (κ1) is 23.9. The van der Waals surface area contributed by atoms with Crippen LogP contribution in [0.25, 0.3) is 0 Å². The maximum absolute atomic E-state index is 12.5. The van der Waals surface area contributed by atoms with Gasteiger partial charge in [-0.3, -0.25) is 9.59 Å². The Morgan fingerprint density at radius 3 is 2.51 bits per heavy atom. The Balaban J connectivity index is 1.36. The number of carbonyl (C=O) groups excluding carboxylic acids is 3. The van der Waals surface area contributed by atoms with Crippen LogP contribution in [0.1, 0.15) is 27.9 Å². The molecule has 1 aliphatic rings. The zero-order chi connectivity index (χ0) is 24.6. The summed E-state index contributed by atoms with van der Waals surface area (Å²) in [4.78, 5) is 36.9. The highest BCUT2D eigenvalue weighted by Crippen LogP contribution is 2.23. The quantitative estimate of drug-likeness (QED) is 0.226. The van der Waals surface area contributed by atoms with Crippen LogP contribution in [0.2, 0.25) is 0 Å². The molecule has 0 spiro atoms. The number of amides is 2. The minimum absolute atomic E-state index is 0.00588. The Hall–Kier alpha value is -4.24. The van der Waals surface area contributed by atoms with E-state index in [0.717, 1.165) is 17.3 Å².